The van der Waals surface area contributed by atoms with Crippen molar-refractivity contribution in [2.75, 3.05) is 52.5 Å². The molecule has 136 valence electrons. The minimum atomic E-state index is -0.552. The summed E-state index contributed by atoms with van der Waals surface area (Å²) in [4.78, 5) is 13.2. The summed E-state index contributed by atoms with van der Waals surface area (Å²) in [6.07, 6.45) is 0. The lowest BCUT2D eigenvalue weighted by atomic mass is 10.0. The number of rotatable bonds is 8. The number of aliphatic imine (C=N–C) groups is 2. The second-order valence-electron chi connectivity index (χ2n) is 7.15. The third-order valence-electron chi connectivity index (χ3n) is 4.25. The molecule has 2 N–H and O–H groups in total. The molecular weight excluding hydrogens is 308 g/mol. The molecule has 0 aromatic heterocycles. The van der Waals surface area contributed by atoms with Crippen LogP contribution in [0.5, 0.6) is 0 Å². The van der Waals surface area contributed by atoms with Gasteiger partial charge in [-0.25, -0.2) is 0 Å². The van der Waals surface area contributed by atoms with Crippen LogP contribution in [0.3, 0.4) is 0 Å². The lowest BCUT2D eigenvalue weighted by Gasteiger charge is -2.31. The quantitative estimate of drug-likeness (QED) is 0.627. The van der Waals surface area contributed by atoms with Gasteiger partial charge in [0.2, 0.25) is 0 Å². The Morgan fingerprint density at radius 1 is 0.833 bits per heavy atom. The van der Waals surface area contributed by atoms with Crippen molar-refractivity contribution in [1.82, 2.24) is 9.80 Å². The molecule has 0 aliphatic carbocycles. The monoisotopic (exact) mass is 338 g/mol. The molecule has 2 heterocycles. The van der Waals surface area contributed by atoms with E-state index in [9.17, 15) is 10.2 Å². The second kappa shape index (κ2) is 7.57. The molecule has 24 heavy (non-hydrogen) atoms. The first-order chi connectivity index (χ1) is 11.3. The topological polar surface area (TPSA) is 96.4 Å². The van der Waals surface area contributed by atoms with Crippen molar-refractivity contribution in [2.24, 2.45) is 20.2 Å². The molecule has 0 atom stereocenters. The molecular formula is C16H30N6O2. The van der Waals surface area contributed by atoms with Crippen LogP contribution in [0.4, 0.5) is 0 Å². The van der Waals surface area contributed by atoms with E-state index in [1.807, 2.05) is 27.7 Å². The van der Waals surface area contributed by atoms with Crippen LogP contribution in [0.1, 0.15) is 27.7 Å². The molecule has 0 fully saturated rings. The van der Waals surface area contributed by atoms with Gasteiger partial charge in [0.05, 0.1) is 26.3 Å². The largest absolute Gasteiger partial charge is 0.395 e. The van der Waals surface area contributed by atoms with Crippen molar-refractivity contribution in [3.8, 4) is 0 Å². The molecule has 2 aliphatic rings. The molecule has 0 spiro atoms. The van der Waals surface area contributed by atoms with Crippen LogP contribution >= 0.6 is 0 Å². The maximum absolute atomic E-state index is 9.20. The number of β-amino-alcohol motifs (C(OH)–C–C–N with tert-alkyl or cyclic N) is 2. The number of aliphatic hydroxyl groups excluding tert-OH is 2. The van der Waals surface area contributed by atoms with E-state index in [2.05, 4.69) is 30.0 Å². The molecule has 0 saturated heterocycles. The summed E-state index contributed by atoms with van der Waals surface area (Å²) in [5.74, 6) is 1.74. The first kappa shape index (κ1) is 18.8. The average Bonchev–Trinajstić information content (AvgIpc) is 3.16. The maximum atomic E-state index is 9.20. The number of azo groups is 1. The standard InChI is InChI=1S/C16H30N6O2/c1-15(2,13-17-5-7-21(13)9-11-23)19-20-16(3,4)14-18-6-8-22(14)10-12-24/h23-24H,5-12H2,1-4H3/b20-19+. The Kier molecular flexibility index (Phi) is 5.92. The zero-order valence-corrected chi connectivity index (χ0v) is 15.2. The van der Waals surface area contributed by atoms with E-state index in [4.69, 9.17) is 0 Å². The highest BCUT2D eigenvalue weighted by Gasteiger charge is 2.36. The van der Waals surface area contributed by atoms with Crippen LogP contribution in [0.15, 0.2) is 20.2 Å². The van der Waals surface area contributed by atoms with Crippen LogP contribution in [0, 0.1) is 0 Å². The smallest absolute Gasteiger partial charge is 0.133 e. The fraction of sp³-hybridized carbons (Fsp3) is 0.875. The Bertz CT molecular complexity index is 481. The molecule has 0 aromatic carbocycles. The van der Waals surface area contributed by atoms with Crippen molar-refractivity contribution in [3.63, 3.8) is 0 Å². The van der Waals surface area contributed by atoms with Crippen molar-refractivity contribution >= 4 is 11.7 Å². The van der Waals surface area contributed by atoms with Gasteiger partial charge >= 0.3 is 0 Å². The summed E-state index contributed by atoms with van der Waals surface area (Å²) in [7, 11) is 0. The first-order valence-corrected chi connectivity index (χ1v) is 8.57. The van der Waals surface area contributed by atoms with Crippen molar-refractivity contribution in [2.45, 2.75) is 38.8 Å². The lowest BCUT2D eigenvalue weighted by molar-refractivity contribution is 0.250. The third-order valence-corrected chi connectivity index (χ3v) is 4.25. The molecule has 0 saturated carbocycles. The van der Waals surface area contributed by atoms with Crippen LogP contribution in [-0.2, 0) is 0 Å². The van der Waals surface area contributed by atoms with Gasteiger partial charge < -0.3 is 20.0 Å². The zero-order chi connectivity index (χ0) is 17.8. The van der Waals surface area contributed by atoms with Gasteiger partial charge in [0.25, 0.3) is 0 Å². The minimum absolute atomic E-state index is 0.102. The molecule has 8 nitrogen and oxygen atoms in total. The fourth-order valence-corrected chi connectivity index (χ4v) is 3.14. The number of amidine groups is 2. The lowest BCUT2D eigenvalue weighted by Crippen LogP contribution is -2.45. The molecule has 8 heteroatoms. The van der Waals surface area contributed by atoms with Gasteiger partial charge in [-0.2, -0.15) is 10.2 Å². The van der Waals surface area contributed by atoms with Gasteiger partial charge in [-0.15, -0.1) is 0 Å². The van der Waals surface area contributed by atoms with Gasteiger partial charge in [0.1, 0.15) is 22.7 Å². The summed E-state index contributed by atoms with van der Waals surface area (Å²) in [5, 5.41) is 27.6. The van der Waals surface area contributed by atoms with E-state index in [-0.39, 0.29) is 13.2 Å². The maximum Gasteiger partial charge on any atom is 0.133 e. The molecule has 2 rings (SSSR count). The van der Waals surface area contributed by atoms with E-state index in [1.54, 1.807) is 0 Å². The second-order valence-corrected chi connectivity index (χ2v) is 7.15. The van der Waals surface area contributed by atoms with Gasteiger partial charge in [0.15, 0.2) is 0 Å². The van der Waals surface area contributed by atoms with Gasteiger partial charge in [-0.1, -0.05) is 0 Å². The van der Waals surface area contributed by atoms with Gasteiger partial charge in [-0.05, 0) is 27.7 Å². The highest BCUT2D eigenvalue weighted by molar-refractivity contribution is 5.93. The molecule has 0 amide bonds. The highest BCUT2D eigenvalue weighted by atomic mass is 16.3. The number of nitrogens with zero attached hydrogens (tertiary/aromatic N) is 6. The normalized spacial score (nSPS) is 19.4. The van der Waals surface area contributed by atoms with E-state index in [1.165, 1.54) is 0 Å². The van der Waals surface area contributed by atoms with Crippen LogP contribution in [0.25, 0.3) is 0 Å². The first-order valence-electron chi connectivity index (χ1n) is 8.57. The fourth-order valence-electron chi connectivity index (χ4n) is 3.14. The number of aliphatic hydroxyl groups is 2. The van der Waals surface area contributed by atoms with E-state index in [0.717, 1.165) is 37.9 Å². The van der Waals surface area contributed by atoms with E-state index < -0.39 is 11.1 Å². The van der Waals surface area contributed by atoms with Gasteiger partial charge in [0, 0.05) is 26.2 Å². The van der Waals surface area contributed by atoms with E-state index >= 15 is 0 Å². The molecule has 0 aromatic rings. The molecule has 0 radical (unpaired) electrons. The van der Waals surface area contributed by atoms with Crippen molar-refractivity contribution in [1.29, 1.82) is 0 Å². The third kappa shape index (κ3) is 4.10. The average molecular weight is 338 g/mol. The van der Waals surface area contributed by atoms with Crippen LogP contribution in [-0.4, -0.2) is 95.2 Å². The minimum Gasteiger partial charge on any atom is -0.395 e. The zero-order valence-electron chi connectivity index (χ0n) is 15.2. The molecule has 0 unspecified atom stereocenters. The Balaban J connectivity index is 2.13. The predicted octanol–water partition coefficient (Wildman–Crippen LogP) is 0.409. The summed E-state index contributed by atoms with van der Waals surface area (Å²) >= 11 is 0. The van der Waals surface area contributed by atoms with Crippen molar-refractivity contribution < 1.29 is 10.2 Å². The summed E-state index contributed by atoms with van der Waals surface area (Å²) in [6, 6.07) is 0. The van der Waals surface area contributed by atoms with Crippen LogP contribution < -0.4 is 0 Å². The Labute approximate surface area is 144 Å². The van der Waals surface area contributed by atoms with Crippen molar-refractivity contribution in [3.05, 3.63) is 0 Å². The predicted molar refractivity (Wildman–Crippen MR) is 94.9 cm³/mol. The van der Waals surface area contributed by atoms with E-state index in [0.29, 0.717) is 13.1 Å². The summed E-state index contributed by atoms with van der Waals surface area (Å²) in [6.45, 7) is 12.4. The highest BCUT2D eigenvalue weighted by Crippen LogP contribution is 2.24. The van der Waals surface area contributed by atoms with Crippen LogP contribution in [0.2, 0.25) is 0 Å². The Morgan fingerprint density at radius 3 is 1.54 bits per heavy atom. The SMILES string of the molecule is CC(C)(/N=N/C(C)(C)C1=NCCN1CCO)C1=NCCN1CCO. The molecule has 0 bridgehead atoms. The number of hydrogen-bond acceptors (Lipinski definition) is 8. The Hall–Kier alpha value is -1.54. The summed E-state index contributed by atoms with van der Waals surface area (Å²) < 4.78 is 0. The molecule has 2 aliphatic heterocycles. The number of hydrogen-bond donors (Lipinski definition) is 2. The summed E-state index contributed by atoms with van der Waals surface area (Å²) in [5.41, 5.74) is -1.10. The van der Waals surface area contributed by atoms with Gasteiger partial charge in [-0.3, -0.25) is 9.98 Å². The Morgan fingerprint density at radius 2 is 1.21 bits per heavy atom.